The molecule has 2 aliphatic heterocycles. The minimum atomic E-state index is -0.244. The normalized spacial score (nSPS) is 20.8. The van der Waals surface area contributed by atoms with E-state index in [0.29, 0.717) is 45.8 Å². The lowest BCUT2D eigenvalue weighted by Crippen LogP contribution is -2.50. The molecule has 2 aliphatic rings. The van der Waals surface area contributed by atoms with Crippen LogP contribution in [0.15, 0.2) is 18.2 Å². The summed E-state index contributed by atoms with van der Waals surface area (Å²) in [5.41, 5.74) is 2.33. The van der Waals surface area contributed by atoms with Gasteiger partial charge in [-0.25, -0.2) is 0 Å². The molecule has 0 aromatic heterocycles. The number of hydrogen-bond acceptors (Lipinski definition) is 6. The first kappa shape index (κ1) is 16.9. The molecule has 130 valence electrons. The first-order valence-electron chi connectivity index (χ1n) is 8.18. The van der Waals surface area contributed by atoms with Crippen LogP contribution in [-0.4, -0.2) is 54.3 Å². The third-order valence-corrected chi connectivity index (χ3v) is 4.31. The van der Waals surface area contributed by atoms with E-state index in [-0.39, 0.29) is 24.5 Å². The molecule has 1 aromatic carbocycles. The van der Waals surface area contributed by atoms with Crippen LogP contribution >= 0.6 is 0 Å². The number of hydrogen-bond donors (Lipinski definition) is 2. The van der Waals surface area contributed by atoms with Crippen LogP contribution in [0.1, 0.15) is 24.0 Å². The molecule has 7 nitrogen and oxygen atoms in total. The van der Waals surface area contributed by atoms with E-state index in [0.717, 1.165) is 11.3 Å². The summed E-state index contributed by atoms with van der Waals surface area (Å²) in [4.78, 5) is 25.4. The number of carbonyl (C=O) groups excluding carboxylic acids is 2. The quantitative estimate of drug-likeness (QED) is 0.547. The second-order valence-electron chi connectivity index (χ2n) is 5.99. The van der Waals surface area contributed by atoms with E-state index in [1.54, 1.807) is 0 Å². The lowest BCUT2D eigenvalue weighted by atomic mass is 10.0. The molecule has 1 fully saturated rings. The molecule has 7 heteroatoms. The first-order chi connectivity index (χ1) is 11.7. The van der Waals surface area contributed by atoms with Gasteiger partial charge in [0.05, 0.1) is 25.9 Å². The second kappa shape index (κ2) is 7.74. The monoisotopic (exact) mass is 334 g/mol. The Morgan fingerprint density at radius 1 is 1.17 bits per heavy atom. The molecule has 24 heavy (non-hydrogen) atoms. The Bertz CT molecular complexity index is 619. The van der Waals surface area contributed by atoms with Crippen molar-refractivity contribution in [2.45, 2.75) is 32.0 Å². The van der Waals surface area contributed by atoms with E-state index in [1.807, 2.05) is 18.2 Å². The van der Waals surface area contributed by atoms with E-state index in [4.69, 9.17) is 14.6 Å². The number of imide groups is 1. The molecule has 1 saturated heterocycles. The summed E-state index contributed by atoms with van der Waals surface area (Å²) in [7, 11) is 0. The first-order valence-corrected chi connectivity index (χ1v) is 8.18. The molecule has 2 amide bonds. The summed E-state index contributed by atoms with van der Waals surface area (Å²) in [6.07, 6.45) is 0.968. The highest BCUT2D eigenvalue weighted by Crippen LogP contribution is 2.29. The van der Waals surface area contributed by atoms with Crippen LogP contribution in [0.25, 0.3) is 0 Å². The number of ether oxygens (including phenoxy) is 2. The van der Waals surface area contributed by atoms with Gasteiger partial charge in [-0.05, 0) is 29.7 Å². The number of nitrogens with zero attached hydrogens (tertiary/aromatic N) is 1. The van der Waals surface area contributed by atoms with Crippen LogP contribution in [0.3, 0.4) is 0 Å². The topological polar surface area (TPSA) is 88.1 Å². The van der Waals surface area contributed by atoms with E-state index in [2.05, 4.69) is 10.2 Å². The molecule has 1 aromatic rings. The molecule has 2 heterocycles. The minimum Gasteiger partial charge on any atom is -0.491 e. The summed E-state index contributed by atoms with van der Waals surface area (Å²) in [5.74, 6) is 0.384. The van der Waals surface area contributed by atoms with E-state index in [9.17, 15) is 9.59 Å². The van der Waals surface area contributed by atoms with Crippen molar-refractivity contribution in [1.29, 1.82) is 0 Å². The third kappa shape index (κ3) is 3.92. The molecular weight excluding hydrogens is 312 g/mol. The van der Waals surface area contributed by atoms with Crippen LogP contribution in [0.2, 0.25) is 0 Å². The highest BCUT2D eigenvalue weighted by molar-refractivity contribution is 6.00. The Morgan fingerprint density at radius 2 is 2.00 bits per heavy atom. The number of amides is 2. The van der Waals surface area contributed by atoms with Crippen molar-refractivity contribution in [1.82, 2.24) is 10.2 Å². The maximum absolute atomic E-state index is 12.0. The van der Waals surface area contributed by atoms with Gasteiger partial charge in [-0.1, -0.05) is 6.07 Å². The van der Waals surface area contributed by atoms with Gasteiger partial charge in [0.15, 0.2) is 0 Å². The highest BCUT2D eigenvalue weighted by atomic mass is 16.5. The average molecular weight is 334 g/mol. The summed E-state index contributed by atoms with van der Waals surface area (Å²) in [6, 6.07) is 5.68. The van der Waals surface area contributed by atoms with Crippen molar-refractivity contribution in [3.8, 4) is 5.75 Å². The Balaban J connectivity index is 1.55. The van der Waals surface area contributed by atoms with Crippen LogP contribution < -0.4 is 10.1 Å². The zero-order chi connectivity index (χ0) is 16.9. The van der Waals surface area contributed by atoms with Gasteiger partial charge in [0.2, 0.25) is 11.8 Å². The van der Waals surface area contributed by atoms with Crippen molar-refractivity contribution in [3.05, 3.63) is 29.3 Å². The SMILES string of the molecule is O=C1CCC(N2Cc3ccc(OCCOCCO)cc3C2)C(=O)N1. The smallest absolute Gasteiger partial charge is 0.243 e. The maximum Gasteiger partial charge on any atom is 0.243 e. The number of benzene rings is 1. The standard InChI is InChI=1S/C17H22N2O5/c20-5-6-23-7-8-24-14-2-1-12-10-19(11-13(12)9-14)15-3-4-16(21)18-17(15)22/h1-2,9,15,20H,3-8,10-11H2,(H,18,21,22). The summed E-state index contributed by atoms with van der Waals surface area (Å²) in [6.45, 7) is 2.57. The molecule has 0 radical (unpaired) electrons. The molecule has 1 unspecified atom stereocenters. The van der Waals surface area contributed by atoms with Crippen molar-refractivity contribution < 1.29 is 24.2 Å². The number of fused-ring (bicyclic) bond motifs is 1. The molecule has 3 rings (SSSR count). The Kier molecular flexibility index (Phi) is 5.44. The van der Waals surface area contributed by atoms with Crippen LogP contribution in [0, 0.1) is 0 Å². The predicted octanol–water partition coefficient (Wildman–Crippen LogP) is 0.195. The molecule has 0 bridgehead atoms. The minimum absolute atomic E-state index is 0.00895. The van der Waals surface area contributed by atoms with Crippen molar-refractivity contribution in [3.63, 3.8) is 0 Å². The van der Waals surface area contributed by atoms with Gasteiger partial charge < -0.3 is 14.6 Å². The van der Waals surface area contributed by atoms with E-state index < -0.39 is 0 Å². The van der Waals surface area contributed by atoms with E-state index in [1.165, 1.54) is 5.56 Å². The van der Waals surface area contributed by atoms with Crippen molar-refractivity contribution in [2.24, 2.45) is 0 Å². The largest absolute Gasteiger partial charge is 0.491 e. The van der Waals surface area contributed by atoms with Crippen LogP contribution in [0.5, 0.6) is 5.75 Å². The van der Waals surface area contributed by atoms with Gasteiger partial charge in [0.1, 0.15) is 12.4 Å². The Morgan fingerprint density at radius 3 is 2.79 bits per heavy atom. The zero-order valence-electron chi connectivity index (χ0n) is 13.5. The van der Waals surface area contributed by atoms with Crippen LogP contribution in [0.4, 0.5) is 0 Å². The lowest BCUT2D eigenvalue weighted by molar-refractivity contribution is -0.137. The lowest BCUT2D eigenvalue weighted by Gasteiger charge is -2.29. The van der Waals surface area contributed by atoms with Gasteiger partial charge in [-0.3, -0.25) is 19.8 Å². The Labute approximate surface area is 140 Å². The zero-order valence-corrected chi connectivity index (χ0v) is 13.5. The fourth-order valence-corrected chi connectivity index (χ4v) is 3.12. The predicted molar refractivity (Wildman–Crippen MR) is 85.3 cm³/mol. The van der Waals surface area contributed by atoms with Crippen molar-refractivity contribution >= 4 is 11.8 Å². The molecule has 2 N–H and O–H groups in total. The maximum atomic E-state index is 12.0. The highest BCUT2D eigenvalue weighted by Gasteiger charge is 2.34. The molecule has 0 spiro atoms. The van der Waals surface area contributed by atoms with Gasteiger partial charge in [-0.2, -0.15) is 0 Å². The van der Waals surface area contributed by atoms with Crippen LogP contribution in [-0.2, 0) is 27.4 Å². The Hall–Kier alpha value is -1.96. The number of aliphatic hydroxyl groups is 1. The number of rotatable bonds is 7. The van der Waals surface area contributed by atoms with Gasteiger partial charge in [0.25, 0.3) is 0 Å². The molecule has 0 saturated carbocycles. The number of piperidine rings is 1. The third-order valence-electron chi connectivity index (χ3n) is 4.31. The van der Waals surface area contributed by atoms with Gasteiger partial charge in [-0.15, -0.1) is 0 Å². The number of aliphatic hydroxyl groups excluding tert-OH is 1. The van der Waals surface area contributed by atoms with Gasteiger partial charge >= 0.3 is 0 Å². The molecule has 1 atom stereocenters. The van der Waals surface area contributed by atoms with Gasteiger partial charge in [0, 0.05) is 19.5 Å². The molecular formula is C17H22N2O5. The summed E-state index contributed by atoms with van der Waals surface area (Å²) >= 11 is 0. The van der Waals surface area contributed by atoms with Crippen molar-refractivity contribution in [2.75, 3.05) is 26.4 Å². The fraction of sp³-hybridized carbons (Fsp3) is 0.529. The second-order valence-corrected chi connectivity index (χ2v) is 5.99. The fourth-order valence-electron chi connectivity index (χ4n) is 3.12. The molecule has 0 aliphatic carbocycles. The summed E-state index contributed by atoms with van der Waals surface area (Å²) in [5, 5.41) is 11.0. The number of nitrogens with one attached hydrogen (secondary N) is 1. The average Bonchev–Trinajstić information content (AvgIpc) is 2.97. The number of carbonyl (C=O) groups is 2. The summed E-state index contributed by atoms with van der Waals surface area (Å²) < 4.78 is 10.8. The van der Waals surface area contributed by atoms with E-state index >= 15 is 0 Å².